The van der Waals surface area contributed by atoms with Gasteiger partial charge in [0.2, 0.25) is 0 Å². The van der Waals surface area contributed by atoms with Gasteiger partial charge >= 0.3 is 5.97 Å². The van der Waals surface area contributed by atoms with E-state index in [2.05, 4.69) is 35.1 Å². The molecule has 4 heteroatoms. The van der Waals surface area contributed by atoms with Gasteiger partial charge in [0.15, 0.2) is 0 Å². The van der Waals surface area contributed by atoms with Crippen molar-refractivity contribution in [2.75, 3.05) is 13.6 Å². The van der Waals surface area contributed by atoms with Crippen LogP contribution in [0.4, 0.5) is 0 Å². The van der Waals surface area contributed by atoms with Gasteiger partial charge in [0.1, 0.15) is 0 Å². The number of rotatable bonds is 4. The molecule has 0 saturated carbocycles. The molecule has 0 aliphatic carbocycles. The molecule has 1 unspecified atom stereocenters. The first kappa shape index (κ1) is 13.2. The quantitative estimate of drug-likeness (QED) is 0.899. The second kappa shape index (κ2) is 5.29. The minimum absolute atomic E-state index is 0.250. The number of nitrogens with zero attached hydrogens (tertiary/aromatic N) is 1. The van der Waals surface area contributed by atoms with Crippen molar-refractivity contribution in [2.24, 2.45) is 0 Å². The molecule has 1 atom stereocenters. The maximum atomic E-state index is 10.7. The molecule has 106 valence electrons. The summed E-state index contributed by atoms with van der Waals surface area (Å²) in [4.78, 5) is 16.6. The van der Waals surface area contributed by atoms with Crippen molar-refractivity contribution >= 4 is 16.9 Å². The number of carbonyl (C=O) groups is 1. The van der Waals surface area contributed by atoms with Crippen LogP contribution >= 0.6 is 0 Å². The lowest BCUT2D eigenvalue weighted by Gasteiger charge is -2.32. The summed E-state index contributed by atoms with van der Waals surface area (Å²) in [6.45, 7) is 1.03. The summed E-state index contributed by atoms with van der Waals surface area (Å²) < 4.78 is 0. The fourth-order valence-corrected chi connectivity index (χ4v) is 3.25. The molecule has 1 aliphatic heterocycles. The summed E-state index contributed by atoms with van der Waals surface area (Å²) in [5, 5.41) is 10.1. The number of para-hydroxylation sites is 1. The van der Waals surface area contributed by atoms with E-state index in [0.717, 1.165) is 25.8 Å². The lowest BCUT2D eigenvalue weighted by atomic mass is 9.94. The molecule has 2 N–H and O–H groups in total. The van der Waals surface area contributed by atoms with Gasteiger partial charge in [-0.05, 0) is 37.9 Å². The van der Waals surface area contributed by atoms with E-state index >= 15 is 0 Å². The van der Waals surface area contributed by atoms with Crippen molar-refractivity contribution in [2.45, 2.75) is 31.7 Å². The van der Waals surface area contributed by atoms with E-state index in [1.165, 1.54) is 22.2 Å². The van der Waals surface area contributed by atoms with Gasteiger partial charge in [0, 0.05) is 35.6 Å². The average Bonchev–Trinajstić information content (AvgIpc) is 2.79. The Labute approximate surface area is 118 Å². The number of likely N-dealkylation sites (N-methyl/N-ethyl adjacent to an activating group) is 1. The first-order valence-electron chi connectivity index (χ1n) is 7.18. The lowest BCUT2D eigenvalue weighted by Crippen LogP contribution is -2.32. The van der Waals surface area contributed by atoms with Crippen LogP contribution in [-0.2, 0) is 11.2 Å². The minimum atomic E-state index is -0.708. The highest BCUT2D eigenvalue weighted by molar-refractivity contribution is 5.85. The summed E-state index contributed by atoms with van der Waals surface area (Å²) in [6.07, 6.45) is 2.92. The smallest absolute Gasteiger partial charge is 0.303 e. The number of aromatic amines is 1. The number of carboxylic acid groups (broad SMARTS) is 1. The molecule has 0 spiro atoms. The van der Waals surface area contributed by atoms with Crippen LogP contribution in [0.25, 0.3) is 10.9 Å². The normalized spacial score (nSPS) is 19.1. The summed E-state index contributed by atoms with van der Waals surface area (Å²) in [7, 11) is 2.12. The van der Waals surface area contributed by atoms with Gasteiger partial charge in [0.25, 0.3) is 0 Å². The molecule has 1 aromatic carbocycles. The second-order valence-electron chi connectivity index (χ2n) is 5.60. The van der Waals surface area contributed by atoms with E-state index in [4.69, 9.17) is 5.11 Å². The monoisotopic (exact) mass is 272 g/mol. The van der Waals surface area contributed by atoms with Crippen LogP contribution in [-0.4, -0.2) is 34.6 Å². The Bertz CT molecular complexity index is 632. The van der Waals surface area contributed by atoms with Gasteiger partial charge in [-0.15, -0.1) is 0 Å². The Morgan fingerprint density at radius 3 is 3.05 bits per heavy atom. The van der Waals surface area contributed by atoms with E-state index in [-0.39, 0.29) is 6.42 Å². The Morgan fingerprint density at radius 2 is 2.25 bits per heavy atom. The number of fused-ring (bicyclic) bond motifs is 3. The summed E-state index contributed by atoms with van der Waals surface area (Å²) in [5.41, 5.74) is 3.89. The number of aromatic nitrogens is 1. The topological polar surface area (TPSA) is 56.3 Å². The highest BCUT2D eigenvalue weighted by Gasteiger charge is 2.27. The molecule has 0 saturated heterocycles. The van der Waals surface area contributed by atoms with Gasteiger partial charge in [-0.3, -0.25) is 9.69 Å². The molecule has 4 nitrogen and oxygen atoms in total. The van der Waals surface area contributed by atoms with Crippen molar-refractivity contribution in [3.05, 3.63) is 35.5 Å². The number of H-pyrrole nitrogens is 1. The summed E-state index contributed by atoms with van der Waals surface area (Å²) in [6, 6.07) is 8.72. The van der Waals surface area contributed by atoms with Crippen LogP contribution in [0.1, 0.15) is 36.6 Å². The summed E-state index contributed by atoms with van der Waals surface area (Å²) in [5.74, 6) is -0.708. The highest BCUT2D eigenvalue weighted by Crippen LogP contribution is 2.36. The third-order valence-electron chi connectivity index (χ3n) is 4.29. The van der Waals surface area contributed by atoms with E-state index in [9.17, 15) is 4.79 Å². The maximum Gasteiger partial charge on any atom is 0.303 e. The number of nitrogens with one attached hydrogen (secondary N) is 1. The first-order valence-corrected chi connectivity index (χ1v) is 7.18. The summed E-state index contributed by atoms with van der Waals surface area (Å²) >= 11 is 0. The van der Waals surface area contributed by atoms with Gasteiger partial charge in [-0.1, -0.05) is 18.2 Å². The average molecular weight is 272 g/mol. The fraction of sp³-hybridized carbons (Fsp3) is 0.438. The molecule has 1 aromatic heterocycles. The van der Waals surface area contributed by atoms with E-state index in [1.807, 2.05) is 6.07 Å². The Kier molecular flexibility index (Phi) is 3.49. The number of hydrogen-bond acceptors (Lipinski definition) is 2. The molecule has 20 heavy (non-hydrogen) atoms. The molecule has 3 rings (SSSR count). The SMILES string of the molecule is CN1CCc2c([nH]c3ccccc23)C1CCCC(=O)O. The largest absolute Gasteiger partial charge is 0.481 e. The Morgan fingerprint density at radius 1 is 1.45 bits per heavy atom. The Balaban J connectivity index is 1.90. The predicted molar refractivity (Wildman–Crippen MR) is 78.9 cm³/mol. The van der Waals surface area contributed by atoms with Gasteiger partial charge in [-0.25, -0.2) is 0 Å². The molecular formula is C16H20N2O2. The first-order chi connectivity index (χ1) is 9.66. The zero-order valence-corrected chi connectivity index (χ0v) is 11.7. The number of carboxylic acids is 1. The zero-order valence-electron chi connectivity index (χ0n) is 11.7. The molecular weight excluding hydrogens is 252 g/mol. The lowest BCUT2D eigenvalue weighted by molar-refractivity contribution is -0.137. The molecule has 0 amide bonds. The van der Waals surface area contributed by atoms with Crippen LogP contribution < -0.4 is 0 Å². The van der Waals surface area contributed by atoms with Crippen LogP contribution in [0.2, 0.25) is 0 Å². The zero-order chi connectivity index (χ0) is 14.1. The van der Waals surface area contributed by atoms with Crippen LogP contribution in [0.5, 0.6) is 0 Å². The molecule has 2 aromatic rings. The molecule has 0 bridgehead atoms. The number of aliphatic carboxylic acids is 1. The van der Waals surface area contributed by atoms with Crippen molar-refractivity contribution < 1.29 is 9.90 Å². The molecule has 2 heterocycles. The number of benzene rings is 1. The third kappa shape index (κ3) is 2.31. The molecule has 0 fully saturated rings. The molecule has 0 radical (unpaired) electrons. The minimum Gasteiger partial charge on any atom is -0.481 e. The van der Waals surface area contributed by atoms with Crippen molar-refractivity contribution in [3.8, 4) is 0 Å². The molecule has 1 aliphatic rings. The highest BCUT2D eigenvalue weighted by atomic mass is 16.4. The number of hydrogen-bond donors (Lipinski definition) is 2. The fourth-order valence-electron chi connectivity index (χ4n) is 3.25. The van der Waals surface area contributed by atoms with Gasteiger partial charge in [0.05, 0.1) is 0 Å². The van der Waals surface area contributed by atoms with E-state index in [1.54, 1.807) is 0 Å². The Hall–Kier alpha value is -1.81. The van der Waals surface area contributed by atoms with Crippen LogP contribution in [0, 0.1) is 0 Å². The third-order valence-corrected chi connectivity index (χ3v) is 4.29. The second-order valence-corrected chi connectivity index (χ2v) is 5.60. The van der Waals surface area contributed by atoms with Crippen LogP contribution in [0.3, 0.4) is 0 Å². The van der Waals surface area contributed by atoms with Crippen molar-refractivity contribution in [3.63, 3.8) is 0 Å². The van der Waals surface area contributed by atoms with E-state index in [0.29, 0.717) is 6.04 Å². The van der Waals surface area contributed by atoms with Crippen molar-refractivity contribution in [1.82, 2.24) is 9.88 Å². The van der Waals surface area contributed by atoms with Gasteiger partial charge < -0.3 is 10.1 Å². The van der Waals surface area contributed by atoms with Crippen molar-refractivity contribution in [1.29, 1.82) is 0 Å². The maximum absolute atomic E-state index is 10.7. The van der Waals surface area contributed by atoms with Gasteiger partial charge in [-0.2, -0.15) is 0 Å². The standard InChI is InChI=1S/C16H20N2O2/c1-18-10-9-12-11-5-2-3-6-13(11)17-16(12)14(18)7-4-8-15(19)20/h2-3,5-6,14,17H,4,7-10H2,1H3,(H,19,20). The van der Waals surface area contributed by atoms with E-state index < -0.39 is 5.97 Å². The van der Waals surface area contributed by atoms with Crippen LogP contribution in [0.15, 0.2) is 24.3 Å². The predicted octanol–water partition coefficient (Wildman–Crippen LogP) is 2.95.